The van der Waals surface area contributed by atoms with Gasteiger partial charge in [-0.25, -0.2) is 0 Å². The number of rotatable bonds is 1. The Bertz CT molecular complexity index is 191. The normalized spacial score (nSPS) is 15.8. The first-order chi connectivity index (χ1) is 4.43. The van der Waals surface area contributed by atoms with Crippen molar-refractivity contribution in [1.82, 2.24) is 0 Å². The quantitative estimate of drug-likeness (QED) is 0.509. The van der Waals surface area contributed by atoms with Crippen LogP contribution in [0.1, 0.15) is 0 Å². The van der Waals surface area contributed by atoms with Crippen LogP contribution < -0.4 is 0 Å². The number of allylic oxidation sites excluding steroid dienone is 3. The monoisotopic (exact) mass is 122 g/mol. The molecule has 0 amide bonds. The fourth-order valence-electron chi connectivity index (χ4n) is 0.397. The predicted octanol–water partition coefficient (Wildman–Crippen LogP) is 0.552. The van der Waals surface area contributed by atoms with Crippen LogP contribution in [0.2, 0.25) is 0 Å². The van der Waals surface area contributed by atoms with E-state index in [9.17, 15) is 4.79 Å². The van der Waals surface area contributed by atoms with Crippen molar-refractivity contribution >= 4 is 12.0 Å². The fraction of sp³-hybridized carbons (Fsp3) is 0. The van der Waals surface area contributed by atoms with E-state index < -0.39 is 0 Å². The van der Waals surface area contributed by atoms with Gasteiger partial charge in [0.25, 0.3) is 6.29 Å². The van der Waals surface area contributed by atoms with Crippen LogP contribution >= 0.6 is 0 Å². The Morgan fingerprint density at radius 2 is 2.44 bits per heavy atom. The number of carbonyl (C=O) groups excluding carboxylic acids is 1. The van der Waals surface area contributed by atoms with E-state index >= 15 is 0 Å². The van der Waals surface area contributed by atoms with E-state index in [0.717, 1.165) is 0 Å². The van der Waals surface area contributed by atoms with Crippen LogP contribution in [0, 0.1) is 0 Å². The van der Waals surface area contributed by atoms with Gasteiger partial charge in [-0.15, -0.1) is 0 Å². The Balaban J connectivity index is 2.74. The van der Waals surface area contributed by atoms with Gasteiger partial charge in [-0.05, 0) is 12.2 Å². The molecule has 1 radical (unpaired) electrons. The Labute approximate surface area is 52.3 Å². The number of nitrogens with zero attached hydrogens (tertiary/aromatic N) is 1. The maximum absolute atomic E-state index is 9.90. The van der Waals surface area contributed by atoms with Gasteiger partial charge in [0.1, 0.15) is 6.26 Å². The molecule has 0 fully saturated rings. The molecule has 0 bridgehead atoms. The molecule has 0 N–H and O–H groups in total. The average molecular weight is 122 g/mol. The lowest BCUT2D eigenvalue weighted by Crippen LogP contribution is -1.92. The van der Waals surface area contributed by atoms with Gasteiger partial charge in [0.15, 0.2) is 5.71 Å². The SMILES string of the molecule is O=[C]C1=NOC=CC=C1. The molecule has 1 rings (SSSR count). The van der Waals surface area contributed by atoms with Crippen molar-refractivity contribution in [3.63, 3.8) is 0 Å². The van der Waals surface area contributed by atoms with Gasteiger partial charge >= 0.3 is 0 Å². The molecule has 0 aromatic rings. The maximum Gasteiger partial charge on any atom is 0.257 e. The molecule has 1 aliphatic rings. The molecule has 0 saturated heterocycles. The number of oxime groups is 1. The second-order valence-electron chi connectivity index (χ2n) is 1.37. The Morgan fingerprint density at radius 1 is 1.56 bits per heavy atom. The van der Waals surface area contributed by atoms with Crippen LogP contribution in [0.4, 0.5) is 0 Å². The third-order valence-corrected chi connectivity index (χ3v) is 0.760. The fourth-order valence-corrected chi connectivity index (χ4v) is 0.397. The lowest BCUT2D eigenvalue weighted by Gasteiger charge is -1.82. The average Bonchev–Trinajstić information content (AvgIpc) is 2.13. The van der Waals surface area contributed by atoms with Gasteiger partial charge < -0.3 is 4.84 Å². The van der Waals surface area contributed by atoms with Crippen molar-refractivity contribution in [3.05, 3.63) is 24.5 Å². The first-order valence-electron chi connectivity index (χ1n) is 2.38. The largest absolute Gasteiger partial charge is 0.364 e. The molecule has 45 valence electrons. The summed E-state index contributed by atoms with van der Waals surface area (Å²) in [5.41, 5.74) is 0.167. The third-order valence-electron chi connectivity index (χ3n) is 0.760. The third kappa shape index (κ3) is 1.53. The van der Waals surface area contributed by atoms with E-state index in [4.69, 9.17) is 0 Å². The van der Waals surface area contributed by atoms with Crippen molar-refractivity contribution in [2.24, 2.45) is 5.16 Å². The standard InChI is InChI=1S/C6H4NO2/c8-5-6-3-1-2-4-9-7-6/h1-4H. The molecule has 0 unspecified atom stereocenters. The highest BCUT2D eigenvalue weighted by Gasteiger charge is 1.92. The van der Waals surface area contributed by atoms with Crippen molar-refractivity contribution in [2.75, 3.05) is 0 Å². The van der Waals surface area contributed by atoms with Crippen LogP contribution in [-0.4, -0.2) is 12.0 Å². The first kappa shape index (κ1) is 5.75. The summed E-state index contributed by atoms with van der Waals surface area (Å²) < 4.78 is 0. The molecule has 0 aromatic heterocycles. The van der Waals surface area contributed by atoms with Gasteiger partial charge in [0, 0.05) is 0 Å². The molecular formula is C6H4NO2. The summed E-state index contributed by atoms with van der Waals surface area (Å²) in [6.45, 7) is 0. The number of hydrogen-bond acceptors (Lipinski definition) is 3. The summed E-state index contributed by atoms with van der Waals surface area (Å²) in [6, 6.07) is 0. The summed E-state index contributed by atoms with van der Waals surface area (Å²) in [5, 5.41) is 3.36. The summed E-state index contributed by atoms with van der Waals surface area (Å²) in [5.74, 6) is 0. The van der Waals surface area contributed by atoms with Crippen LogP contribution in [0.3, 0.4) is 0 Å². The summed E-state index contributed by atoms with van der Waals surface area (Å²) in [4.78, 5) is 14.4. The van der Waals surface area contributed by atoms with E-state index in [1.807, 2.05) is 0 Å². The minimum Gasteiger partial charge on any atom is -0.364 e. The molecule has 0 aliphatic carbocycles. The van der Waals surface area contributed by atoms with Crippen LogP contribution in [0.5, 0.6) is 0 Å². The summed E-state index contributed by atoms with van der Waals surface area (Å²) >= 11 is 0. The maximum atomic E-state index is 9.90. The Morgan fingerprint density at radius 3 is 3.22 bits per heavy atom. The Kier molecular flexibility index (Phi) is 1.80. The molecule has 1 heterocycles. The van der Waals surface area contributed by atoms with Crippen molar-refractivity contribution in [3.8, 4) is 0 Å². The molecular weight excluding hydrogens is 118 g/mol. The molecule has 0 saturated carbocycles. The van der Waals surface area contributed by atoms with E-state index in [2.05, 4.69) is 9.99 Å². The van der Waals surface area contributed by atoms with Gasteiger partial charge in [-0.3, -0.25) is 4.79 Å². The number of hydrogen-bond donors (Lipinski definition) is 0. The molecule has 3 heteroatoms. The zero-order valence-corrected chi connectivity index (χ0v) is 4.57. The topological polar surface area (TPSA) is 38.7 Å². The highest BCUT2D eigenvalue weighted by molar-refractivity contribution is 6.33. The van der Waals surface area contributed by atoms with Crippen LogP contribution in [-0.2, 0) is 9.63 Å². The van der Waals surface area contributed by atoms with Crippen LogP contribution in [0.25, 0.3) is 0 Å². The van der Waals surface area contributed by atoms with Crippen molar-refractivity contribution < 1.29 is 9.63 Å². The molecule has 9 heavy (non-hydrogen) atoms. The van der Waals surface area contributed by atoms with Gasteiger partial charge in [-0.2, -0.15) is 0 Å². The summed E-state index contributed by atoms with van der Waals surface area (Å²) in [7, 11) is 0. The zero-order chi connectivity index (χ0) is 6.53. The van der Waals surface area contributed by atoms with Crippen LogP contribution in [0.15, 0.2) is 29.6 Å². The molecule has 3 nitrogen and oxygen atoms in total. The molecule has 0 spiro atoms. The minimum absolute atomic E-state index is 0.167. The zero-order valence-electron chi connectivity index (χ0n) is 4.57. The van der Waals surface area contributed by atoms with Crippen molar-refractivity contribution in [2.45, 2.75) is 0 Å². The van der Waals surface area contributed by atoms with Crippen molar-refractivity contribution in [1.29, 1.82) is 0 Å². The molecule has 1 aliphatic heterocycles. The van der Waals surface area contributed by atoms with E-state index in [1.54, 1.807) is 18.4 Å². The van der Waals surface area contributed by atoms with Gasteiger partial charge in [0.2, 0.25) is 0 Å². The van der Waals surface area contributed by atoms with E-state index in [-0.39, 0.29) is 5.71 Å². The van der Waals surface area contributed by atoms with Gasteiger partial charge in [0.05, 0.1) is 0 Å². The predicted molar refractivity (Wildman–Crippen MR) is 32.5 cm³/mol. The Hall–Kier alpha value is -1.38. The van der Waals surface area contributed by atoms with E-state index in [1.165, 1.54) is 12.3 Å². The highest BCUT2D eigenvalue weighted by atomic mass is 16.6. The van der Waals surface area contributed by atoms with E-state index in [0.29, 0.717) is 0 Å². The first-order valence-corrected chi connectivity index (χ1v) is 2.38. The smallest absolute Gasteiger partial charge is 0.257 e. The lowest BCUT2D eigenvalue weighted by atomic mass is 10.3. The highest BCUT2D eigenvalue weighted by Crippen LogP contribution is 1.89. The van der Waals surface area contributed by atoms with Gasteiger partial charge in [-0.1, -0.05) is 11.2 Å². The summed E-state index contributed by atoms with van der Waals surface area (Å²) in [6.07, 6.45) is 7.76. The molecule has 0 atom stereocenters. The second kappa shape index (κ2) is 2.81. The lowest BCUT2D eigenvalue weighted by molar-refractivity contribution is 0.270. The minimum atomic E-state index is 0.167. The molecule has 0 aromatic carbocycles. The second-order valence-corrected chi connectivity index (χ2v) is 1.37.